The first-order chi connectivity index (χ1) is 5.20. The smallest absolute Gasteiger partial charge is 0.138 e. The zero-order valence-electron chi connectivity index (χ0n) is 6.41. The monoisotopic (exact) mass is 155 g/mol. The van der Waals surface area contributed by atoms with Crippen LogP contribution >= 0.6 is 0 Å². The molecular weight excluding hydrogens is 142 g/mol. The van der Waals surface area contributed by atoms with E-state index in [1.165, 1.54) is 0 Å². The summed E-state index contributed by atoms with van der Waals surface area (Å²) in [6.45, 7) is 1.90. The molecule has 62 valence electrons. The lowest BCUT2D eigenvalue weighted by atomic mass is 10.2. The molecule has 0 amide bonds. The van der Waals surface area contributed by atoms with Crippen LogP contribution in [0.4, 0.5) is 5.69 Å². The van der Waals surface area contributed by atoms with Gasteiger partial charge in [0.2, 0.25) is 0 Å². The first kappa shape index (κ1) is 9.74. The maximum Gasteiger partial charge on any atom is 0.138 e. The first-order valence-corrected chi connectivity index (χ1v) is 3.08. The molecule has 11 heavy (non-hydrogen) atoms. The summed E-state index contributed by atoms with van der Waals surface area (Å²) in [7, 11) is 0. The molecule has 1 aromatic carbocycles. The predicted octanol–water partition coefficient (Wildman–Crippen LogP) is 0.102. The molecule has 1 aromatic rings. The number of anilines is 1. The summed E-state index contributed by atoms with van der Waals surface area (Å²) < 4.78 is 0. The standard InChI is InChI=1S/C7H9NO.H4N2/c1-5-2-3-6(8)7(9)4-5;1-2/h2-4,9H,8H2,1H3;1-2H2. The SMILES string of the molecule is Cc1ccc(N)c(O)c1.NN. The number of nitrogens with two attached hydrogens (primary N) is 3. The van der Waals surface area contributed by atoms with Crippen molar-refractivity contribution in [1.82, 2.24) is 0 Å². The average Bonchev–Trinajstić information content (AvgIpc) is 2.02. The molecule has 0 spiro atoms. The minimum atomic E-state index is 0.162. The van der Waals surface area contributed by atoms with Crippen molar-refractivity contribution in [1.29, 1.82) is 0 Å². The Hall–Kier alpha value is -1.26. The van der Waals surface area contributed by atoms with Crippen molar-refractivity contribution in [2.45, 2.75) is 6.92 Å². The van der Waals surface area contributed by atoms with Gasteiger partial charge >= 0.3 is 0 Å². The van der Waals surface area contributed by atoms with E-state index in [0.29, 0.717) is 5.69 Å². The topological polar surface area (TPSA) is 98.3 Å². The quantitative estimate of drug-likeness (QED) is 0.185. The lowest BCUT2D eigenvalue weighted by Gasteiger charge is -1.97. The van der Waals surface area contributed by atoms with Crippen molar-refractivity contribution >= 4 is 5.69 Å². The summed E-state index contributed by atoms with van der Waals surface area (Å²) in [6, 6.07) is 5.18. The van der Waals surface area contributed by atoms with Crippen LogP contribution in [0.15, 0.2) is 18.2 Å². The van der Waals surface area contributed by atoms with Crippen LogP contribution in [0.25, 0.3) is 0 Å². The molecule has 0 aliphatic rings. The molecule has 0 unspecified atom stereocenters. The lowest BCUT2D eigenvalue weighted by molar-refractivity contribution is 0.477. The summed E-state index contributed by atoms with van der Waals surface area (Å²) >= 11 is 0. The lowest BCUT2D eigenvalue weighted by Crippen LogP contribution is -2.02. The van der Waals surface area contributed by atoms with Gasteiger partial charge in [0.15, 0.2) is 0 Å². The molecule has 0 heterocycles. The van der Waals surface area contributed by atoms with Gasteiger partial charge in [-0.3, -0.25) is 11.7 Å². The van der Waals surface area contributed by atoms with Crippen LogP contribution in [0.5, 0.6) is 5.75 Å². The molecule has 0 atom stereocenters. The largest absolute Gasteiger partial charge is 0.506 e. The molecule has 0 aliphatic heterocycles. The molecule has 0 bridgehead atoms. The van der Waals surface area contributed by atoms with Crippen molar-refractivity contribution < 1.29 is 5.11 Å². The van der Waals surface area contributed by atoms with E-state index in [1.54, 1.807) is 12.1 Å². The molecule has 0 saturated heterocycles. The molecule has 0 aliphatic carbocycles. The number of hydrazine groups is 1. The van der Waals surface area contributed by atoms with Gasteiger partial charge in [-0.2, -0.15) is 0 Å². The second-order valence-electron chi connectivity index (χ2n) is 2.06. The van der Waals surface area contributed by atoms with Crippen molar-refractivity contribution in [3.8, 4) is 5.75 Å². The van der Waals surface area contributed by atoms with E-state index >= 15 is 0 Å². The molecule has 4 heteroatoms. The molecule has 0 fully saturated rings. The third-order valence-corrected chi connectivity index (χ3v) is 1.19. The Balaban J connectivity index is 0.000000461. The Morgan fingerprint density at radius 2 is 1.82 bits per heavy atom. The minimum Gasteiger partial charge on any atom is -0.506 e. The van der Waals surface area contributed by atoms with Crippen LogP contribution in [-0.2, 0) is 0 Å². The number of phenolic OH excluding ortho intramolecular Hbond substituents is 1. The van der Waals surface area contributed by atoms with E-state index in [-0.39, 0.29) is 5.75 Å². The molecule has 0 aromatic heterocycles. The van der Waals surface area contributed by atoms with Gasteiger partial charge < -0.3 is 10.8 Å². The summed E-state index contributed by atoms with van der Waals surface area (Å²) in [6.07, 6.45) is 0. The van der Waals surface area contributed by atoms with Crippen molar-refractivity contribution in [2.24, 2.45) is 11.7 Å². The predicted molar refractivity (Wildman–Crippen MR) is 45.6 cm³/mol. The molecule has 4 nitrogen and oxygen atoms in total. The number of rotatable bonds is 0. The molecular formula is C7H13N3O. The highest BCUT2D eigenvalue weighted by Crippen LogP contribution is 2.19. The molecule has 0 saturated carbocycles. The minimum absolute atomic E-state index is 0.162. The Morgan fingerprint density at radius 3 is 2.18 bits per heavy atom. The van der Waals surface area contributed by atoms with Crippen LogP contribution in [-0.4, -0.2) is 5.11 Å². The van der Waals surface area contributed by atoms with E-state index < -0.39 is 0 Å². The Labute approximate surface area is 65.6 Å². The van der Waals surface area contributed by atoms with Gasteiger partial charge in [0.25, 0.3) is 0 Å². The number of benzene rings is 1. The van der Waals surface area contributed by atoms with Crippen LogP contribution in [0.2, 0.25) is 0 Å². The van der Waals surface area contributed by atoms with Crippen molar-refractivity contribution in [3.63, 3.8) is 0 Å². The number of hydrogen-bond donors (Lipinski definition) is 4. The molecule has 7 N–H and O–H groups in total. The van der Waals surface area contributed by atoms with Gasteiger partial charge in [0.05, 0.1) is 5.69 Å². The Bertz CT molecular complexity index is 225. The normalized spacial score (nSPS) is 8.27. The van der Waals surface area contributed by atoms with E-state index in [1.807, 2.05) is 13.0 Å². The van der Waals surface area contributed by atoms with E-state index in [0.717, 1.165) is 5.56 Å². The van der Waals surface area contributed by atoms with Gasteiger partial charge in [-0.05, 0) is 24.6 Å². The van der Waals surface area contributed by atoms with Crippen LogP contribution in [0.3, 0.4) is 0 Å². The van der Waals surface area contributed by atoms with E-state index in [4.69, 9.17) is 10.8 Å². The zero-order valence-corrected chi connectivity index (χ0v) is 6.41. The highest BCUT2D eigenvalue weighted by atomic mass is 16.3. The summed E-state index contributed by atoms with van der Waals surface area (Å²) in [5.41, 5.74) is 6.79. The summed E-state index contributed by atoms with van der Waals surface area (Å²) in [5, 5.41) is 8.98. The van der Waals surface area contributed by atoms with Gasteiger partial charge in [-0.25, -0.2) is 0 Å². The van der Waals surface area contributed by atoms with Gasteiger partial charge in [0.1, 0.15) is 5.75 Å². The summed E-state index contributed by atoms with van der Waals surface area (Å²) in [4.78, 5) is 0. The van der Waals surface area contributed by atoms with Crippen molar-refractivity contribution in [3.05, 3.63) is 23.8 Å². The maximum atomic E-state index is 8.98. The highest BCUT2D eigenvalue weighted by Gasteiger charge is 1.92. The number of hydrogen-bond acceptors (Lipinski definition) is 4. The summed E-state index contributed by atoms with van der Waals surface area (Å²) in [5.74, 6) is 8.16. The van der Waals surface area contributed by atoms with Crippen LogP contribution < -0.4 is 17.4 Å². The fourth-order valence-electron chi connectivity index (χ4n) is 0.654. The number of aromatic hydroxyl groups is 1. The molecule has 0 radical (unpaired) electrons. The van der Waals surface area contributed by atoms with E-state index in [2.05, 4.69) is 11.7 Å². The number of phenols is 1. The van der Waals surface area contributed by atoms with Gasteiger partial charge in [-0.15, -0.1) is 0 Å². The Kier molecular flexibility index (Phi) is 4.02. The third-order valence-electron chi connectivity index (χ3n) is 1.19. The van der Waals surface area contributed by atoms with Gasteiger partial charge in [-0.1, -0.05) is 6.07 Å². The maximum absolute atomic E-state index is 8.98. The third kappa shape index (κ3) is 2.88. The first-order valence-electron chi connectivity index (χ1n) is 3.08. The number of aryl methyl sites for hydroxylation is 1. The second kappa shape index (κ2) is 4.54. The van der Waals surface area contributed by atoms with Crippen LogP contribution in [0.1, 0.15) is 5.56 Å². The zero-order chi connectivity index (χ0) is 8.85. The van der Waals surface area contributed by atoms with E-state index in [9.17, 15) is 0 Å². The highest BCUT2D eigenvalue weighted by molar-refractivity contribution is 5.52. The number of nitrogen functional groups attached to an aromatic ring is 1. The molecule has 1 rings (SSSR count). The fourth-order valence-corrected chi connectivity index (χ4v) is 0.654. The fraction of sp³-hybridized carbons (Fsp3) is 0.143. The van der Waals surface area contributed by atoms with Crippen LogP contribution in [0, 0.1) is 6.92 Å². The average molecular weight is 155 g/mol. The van der Waals surface area contributed by atoms with Crippen molar-refractivity contribution in [2.75, 3.05) is 5.73 Å². The Morgan fingerprint density at radius 1 is 1.27 bits per heavy atom. The van der Waals surface area contributed by atoms with Gasteiger partial charge in [0, 0.05) is 0 Å². The second-order valence-corrected chi connectivity index (χ2v) is 2.06.